The Labute approximate surface area is 280 Å². The predicted molar refractivity (Wildman–Crippen MR) is 166 cm³/mol. The number of unbranched alkanes of at least 4 members (excludes halogenated alkanes) is 4. The van der Waals surface area contributed by atoms with Crippen molar-refractivity contribution >= 4 is 29.8 Å². The van der Waals surface area contributed by atoms with Gasteiger partial charge in [-0.05, 0) is 38.8 Å². The van der Waals surface area contributed by atoms with Crippen molar-refractivity contribution in [3.63, 3.8) is 0 Å². The molecule has 14 heteroatoms. The second kappa shape index (κ2) is 14.7. The molecule has 0 aromatic rings. The Hall–Kier alpha value is -3.33. The van der Waals surface area contributed by atoms with Gasteiger partial charge in [0, 0.05) is 38.5 Å². The molecule has 2 unspecified atom stereocenters. The number of hydrogen-bond donors (Lipinski definition) is 4. The Morgan fingerprint density at radius 2 is 1.42 bits per heavy atom. The summed E-state index contributed by atoms with van der Waals surface area (Å²) >= 11 is 0. The van der Waals surface area contributed by atoms with Crippen LogP contribution in [0.1, 0.15) is 93.9 Å². The Morgan fingerprint density at radius 3 is 1.98 bits per heavy atom. The van der Waals surface area contributed by atoms with Gasteiger partial charge in [-0.1, -0.05) is 51.7 Å². The van der Waals surface area contributed by atoms with Crippen molar-refractivity contribution in [1.82, 2.24) is 0 Å². The first-order valence-corrected chi connectivity index (χ1v) is 16.3. The van der Waals surface area contributed by atoms with Crippen LogP contribution in [0.5, 0.6) is 0 Å². The van der Waals surface area contributed by atoms with Crippen molar-refractivity contribution in [2.24, 2.45) is 11.3 Å². The van der Waals surface area contributed by atoms with Crippen molar-refractivity contribution in [1.29, 1.82) is 0 Å². The third-order valence-electron chi connectivity index (χ3n) is 9.82. The van der Waals surface area contributed by atoms with Crippen LogP contribution in [0, 0.1) is 11.3 Å². The van der Waals surface area contributed by atoms with E-state index in [1.54, 1.807) is 0 Å². The van der Waals surface area contributed by atoms with Crippen LogP contribution in [-0.2, 0) is 47.7 Å². The normalized spacial score (nSPS) is 40.3. The van der Waals surface area contributed by atoms with Gasteiger partial charge in [0.05, 0.1) is 5.60 Å². The number of ether oxygens (including phenoxy) is 5. The van der Waals surface area contributed by atoms with Gasteiger partial charge in [0.15, 0.2) is 35.6 Å². The van der Waals surface area contributed by atoms with Crippen molar-refractivity contribution in [3.05, 3.63) is 23.8 Å². The maximum atomic E-state index is 13.3. The lowest BCUT2D eigenvalue weighted by Gasteiger charge is -2.57. The number of esters is 5. The number of hydrogen-bond acceptors (Lipinski definition) is 14. The molecule has 4 N–H and O–H groups in total. The van der Waals surface area contributed by atoms with Crippen molar-refractivity contribution in [2.75, 3.05) is 0 Å². The van der Waals surface area contributed by atoms with E-state index in [0.717, 1.165) is 59.5 Å². The molecular formula is C34H50O14. The van der Waals surface area contributed by atoms with Crippen molar-refractivity contribution in [3.8, 4) is 0 Å². The van der Waals surface area contributed by atoms with Crippen molar-refractivity contribution < 1.29 is 68.1 Å². The third kappa shape index (κ3) is 7.31. The van der Waals surface area contributed by atoms with Gasteiger partial charge in [-0.15, -0.1) is 0 Å². The van der Waals surface area contributed by atoms with Crippen LogP contribution in [0.3, 0.4) is 0 Å². The molecule has 48 heavy (non-hydrogen) atoms. The lowest BCUT2D eigenvalue weighted by molar-refractivity contribution is -0.264. The molecule has 11 atom stereocenters. The van der Waals surface area contributed by atoms with Gasteiger partial charge in [-0.3, -0.25) is 19.2 Å². The lowest BCUT2D eigenvalue weighted by atomic mass is 9.53. The summed E-state index contributed by atoms with van der Waals surface area (Å²) in [6, 6.07) is 0. The van der Waals surface area contributed by atoms with Crippen LogP contribution in [0.4, 0.5) is 0 Å². The summed E-state index contributed by atoms with van der Waals surface area (Å²) in [6.07, 6.45) is -2.54. The van der Waals surface area contributed by atoms with Gasteiger partial charge in [-0.25, -0.2) is 4.79 Å². The summed E-state index contributed by atoms with van der Waals surface area (Å²) in [6.45, 7) is 10.2. The number of carbonyl (C=O) groups is 5. The van der Waals surface area contributed by atoms with Gasteiger partial charge in [0.25, 0.3) is 0 Å². The third-order valence-corrected chi connectivity index (χ3v) is 9.82. The van der Waals surface area contributed by atoms with Crippen molar-refractivity contribution in [2.45, 2.75) is 147 Å². The molecule has 0 radical (unpaired) electrons. The minimum atomic E-state index is -2.86. The summed E-state index contributed by atoms with van der Waals surface area (Å²) in [5.74, 6) is -6.48. The second-order valence-corrected chi connectivity index (χ2v) is 13.7. The highest BCUT2D eigenvalue weighted by atomic mass is 16.6. The average molecular weight is 683 g/mol. The van der Waals surface area contributed by atoms with E-state index in [9.17, 15) is 44.4 Å². The Kier molecular flexibility index (Phi) is 11.9. The summed E-state index contributed by atoms with van der Waals surface area (Å²) in [7, 11) is 0. The Balaban J connectivity index is 2.42. The van der Waals surface area contributed by atoms with Crippen LogP contribution >= 0.6 is 0 Å². The molecule has 0 aromatic carbocycles. The Bertz CT molecular complexity index is 1320. The fraction of sp³-hybridized carbons (Fsp3) is 0.735. The maximum Gasteiger partial charge on any atom is 0.341 e. The predicted octanol–water partition coefficient (Wildman–Crippen LogP) is 1.73. The van der Waals surface area contributed by atoms with Gasteiger partial charge >= 0.3 is 29.8 Å². The number of carbonyl (C=O) groups excluding carboxylic acids is 5. The summed E-state index contributed by atoms with van der Waals surface area (Å²) in [4.78, 5) is 64.6. The number of rotatable bonds is 10. The highest BCUT2D eigenvalue weighted by Gasteiger charge is 2.75. The van der Waals surface area contributed by atoms with Crippen LogP contribution in [0.25, 0.3) is 0 Å². The van der Waals surface area contributed by atoms with Gasteiger partial charge < -0.3 is 44.1 Å². The molecule has 1 saturated heterocycles. The van der Waals surface area contributed by atoms with Crippen LogP contribution in [0.15, 0.2) is 23.8 Å². The van der Waals surface area contributed by atoms with Gasteiger partial charge in [0.2, 0.25) is 0 Å². The average Bonchev–Trinajstić information content (AvgIpc) is 3.13. The summed E-state index contributed by atoms with van der Waals surface area (Å²) < 4.78 is 28.7. The molecule has 0 aromatic heterocycles. The lowest BCUT2D eigenvalue weighted by Crippen LogP contribution is -2.74. The molecule has 3 aliphatic rings. The molecule has 1 aliphatic heterocycles. The van der Waals surface area contributed by atoms with E-state index in [1.165, 1.54) is 32.9 Å². The zero-order valence-corrected chi connectivity index (χ0v) is 28.9. The first-order valence-electron chi connectivity index (χ1n) is 16.3. The minimum Gasteiger partial charge on any atom is -0.459 e. The minimum absolute atomic E-state index is 0.00912. The van der Waals surface area contributed by atoms with E-state index >= 15 is 0 Å². The molecule has 14 nitrogen and oxygen atoms in total. The highest BCUT2D eigenvalue weighted by Crippen LogP contribution is 2.56. The first-order chi connectivity index (χ1) is 22.2. The molecule has 2 aliphatic carbocycles. The molecule has 0 amide bonds. The van der Waals surface area contributed by atoms with Crippen LogP contribution < -0.4 is 0 Å². The summed E-state index contributed by atoms with van der Waals surface area (Å²) in [5.41, 5.74) is -9.80. The molecular weight excluding hydrogens is 632 g/mol. The van der Waals surface area contributed by atoms with Crippen LogP contribution in [-0.4, -0.2) is 104 Å². The van der Waals surface area contributed by atoms with E-state index in [2.05, 4.69) is 6.92 Å². The SMILES string of the molecule is CCCCCCCC(=O)OC1/C(C)=C\[C@@H]2OC(=O)[C@@](C)(O)[C@@]2(O)C(OC(C)=O)[C@H]2[C@](C)(O)[C@H](O)C=C[C@]2(C)[C@@H](OC(C)=O)[C@@H]1OC(C)=O. The van der Waals surface area contributed by atoms with E-state index in [1.807, 2.05) is 0 Å². The fourth-order valence-corrected chi connectivity index (χ4v) is 7.29. The molecule has 0 saturated carbocycles. The van der Waals surface area contributed by atoms with E-state index in [4.69, 9.17) is 23.7 Å². The topological polar surface area (TPSA) is 212 Å². The number of aliphatic hydroxyl groups is 4. The van der Waals surface area contributed by atoms with E-state index < -0.39 is 94.6 Å². The van der Waals surface area contributed by atoms with E-state index in [0.29, 0.717) is 6.42 Å². The molecule has 0 bridgehead atoms. The smallest absolute Gasteiger partial charge is 0.341 e. The second-order valence-electron chi connectivity index (χ2n) is 13.7. The Morgan fingerprint density at radius 1 is 0.854 bits per heavy atom. The van der Waals surface area contributed by atoms with Gasteiger partial charge in [-0.2, -0.15) is 0 Å². The van der Waals surface area contributed by atoms with E-state index in [-0.39, 0.29) is 12.0 Å². The first kappa shape index (κ1) is 39.1. The quantitative estimate of drug-likeness (QED) is 0.112. The zero-order valence-electron chi connectivity index (χ0n) is 28.9. The standard InChI is InChI=1S/C34H50O14/c1-9-10-11-12-13-14-24(39)48-25-18(2)17-23-34(43,33(8,42)30(40)47-23)29(46-21(5)37)27-31(6,16-15-22(38)32(27,7)41)28(45-20(4)36)26(25)44-19(3)35/h15-17,22-23,25-29,38,41-43H,9-14H2,1-8H3/b18-17-/t22-,23+,25?,26-,27-,28+,29?,31+,32-,33-,34+/m1/s1. The fourth-order valence-electron chi connectivity index (χ4n) is 7.29. The van der Waals surface area contributed by atoms with Gasteiger partial charge in [0.1, 0.15) is 12.2 Å². The number of fused-ring (bicyclic) bond motifs is 2. The molecule has 0 spiro atoms. The molecule has 1 fully saturated rings. The molecule has 3 rings (SSSR count). The molecule has 270 valence electrons. The zero-order chi connectivity index (χ0) is 36.4. The summed E-state index contributed by atoms with van der Waals surface area (Å²) in [5, 5.41) is 47.2. The largest absolute Gasteiger partial charge is 0.459 e. The number of aliphatic hydroxyl groups excluding tert-OH is 1. The molecule has 1 heterocycles. The highest BCUT2D eigenvalue weighted by molar-refractivity contribution is 5.84. The monoisotopic (exact) mass is 682 g/mol. The van der Waals surface area contributed by atoms with Crippen LogP contribution in [0.2, 0.25) is 0 Å². The maximum absolute atomic E-state index is 13.3.